The zero-order valence-corrected chi connectivity index (χ0v) is 13.2. The lowest BCUT2D eigenvalue weighted by molar-refractivity contribution is 0.519. The summed E-state index contributed by atoms with van der Waals surface area (Å²) in [5.74, 6) is 3.58. The van der Waals surface area contributed by atoms with Crippen molar-refractivity contribution in [1.29, 1.82) is 0 Å². The van der Waals surface area contributed by atoms with Crippen LogP contribution >= 0.6 is 23.5 Å². The number of thioether (sulfide) groups is 2. The molecule has 1 heterocycles. The van der Waals surface area contributed by atoms with E-state index >= 15 is 0 Å². The van der Waals surface area contributed by atoms with Gasteiger partial charge in [-0.15, -0.1) is 0 Å². The van der Waals surface area contributed by atoms with Gasteiger partial charge in [0.05, 0.1) is 0 Å². The molecular weight excluding hydrogens is 277 g/mol. The number of likely N-dealkylation sites (N-methyl/N-ethyl adjacent to an activating group) is 1. The number of benzene rings is 1. The molecule has 2 atom stereocenters. The van der Waals surface area contributed by atoms with E-state index in [9.17, 15) is 4.39 Å². The lowest BCUT2D eigenvalue weighted by Gasteiger charge is -2.30. The maximum Gasteiger partial charge on any atom is 0.123 e. The van der Waals surface area contributed by atoms with Gasteiger partial charge < -0.3 is 5.32 Å². The smallest absolute Gasteiger partial charge is 0.123 e. The van der Waals surface area contributed by atoms with Crippen molar-refractivity contribution in [2.24, 2.45) is 0 Å². The van der Waals surface area contributed by atoms with Crippen LogP contribution in [0.3, 0.4) is 0 Å². The van der Waals surface area contributed by atoms with Crippen molar-refractivity contribution in [2.45, 2.75) is 31.6 Å². The minimum atomic E-state index is -0.124. The summed E-state index contributed by atoms with van der Waals surface area (Å²) < 4.78 is 13.4. The minimum absolute atomic E-state index is 0.124. The van der Waals surface area contributed by atoms with E-state index in [2.05, 4.69) is 30.9 Å². The Hall–Kier alpha value is -0.190. The standard InChI is InChI=1S/C15H22FNS2/c1-3-17-14(15-10-18-6-7-19-15)9-12-8-13(16)5-4-11(12)2/h4-5,8,14-15,17H,3,6-7,9-10H2,1-2H3. The molecule has 0 aromatic heterocycles. The highest BCUT2D eigenvalue weighted by atomic mass is 32.2. The summed E-state index contributed by atoms with van der Waals surface area (Å²) in [7, 11) is 0. The van der Waals surface area contributed by atoms with Crippen LogP contribution in [0.2, 0.25) is 0 Å². The first-order valence-corrected chi connectivity index (χ1v) is 9.08. The molecule has 0 radical (unpaired) electrons. The van der Waals surface area contributed by atoms with Crippen LogP contribution in [0.5, 0.6) is 0 Å². The number of hydrogen-bond acceptors (Lipinski definition) is 3. The fraction of sp³-hybridized carbons (Fsp3) is 0.600. The molecule has 0 amide bonds. The van der Waals surface area contributed by atoms with E-state index in [0.717, 1.165) is 18.5 Å². The van der Waals surface area contributed by atoms with Crippen molar-refractivity contribution >= 4 is 23.5 Å². The summed E-state index contributed by atoms with van der Waals surface area (Å²) in [5.41, 5.74) is 2.33. The molecule has 1 aromatic rings. The Kier molecular flexibility index (Phi) is 6.05. The molecule has 1 aromatic carbocycles. The number of halogens is 1. The van der Waals surface area contributed by atoms with Crippen LogP contribution in [-0.2, 0) is 6.42 Å². The van der Waals surface area contributed by atoms with Gasteiger partial charge in [-0.1, -0.05) is 13.0 Å². The number of hydrogen-bond donors (Lipinski definition) is 1. The molecule has 19 heavy (non-hydrogen) atoms. The summed E-state index contributed by atoms with van der Waals surface area (Å²) in [6.07, 6.45) is 0.926. The zero-order chi connectivity index (χ0) is 13.7. The highest BCUT2D eigenvalue weighted by Gasteiger charge is 2.24. The molecule has 0 saturated carbocycles. The zero-order valence-electron chi connectivity index (χ0n) is 11.6. The molecule has 1 N–H and O–H groups in total. The molecule has 0 bridgehead atoms. The second-order valence-electron chi connectivity index (χ2n) is 4.92. The van der Waals surface area contributed by atoms with Crippen LogP contribution in [0.4, 0.5) is 4.39 Å². The maximum absolute atomic E-state index is 13.4. The van der Waals surface area contributed by atoms with Crippen molar-refractivity contribution in [2.75, 3.05) is 23.8 Å². The molecule has 106 valence electrons. The Labute approximate surface area is 124 Å². The van der Waals surface area contributed by atoms with Gasteiger partial charge in [0.25, 0.3) is 0 Å². The molecule has 4 heteroatoms. The second-order valence-corrected chi connectivity index (χ2v) is 7.42. The number of aryl methyl sites for hydroxylation is 1. The largest absolute Gasteiger partial charge is 0.313 e. The van der Waals surface area contributed by atoms with Gasteiger partial charge in [-0.05, 0) is 43.1 Å². The molecule has 1 aliphatic rings. The van der Waals surface area contributed by atoms with Gasteiger partial charge in [-0.2, -0.15) is 23.5 Å². The van der Waals surface area contributed by atoms with Crippen molar-refractivity contribution in [3.63, 3.8) is 0 Å². The molecular formula is C15H22FNS2. The third kappa shape index (κ3) is 4.40. The van der Waals surface area contributed by atoms with E-state index < -0.39 is 0 Å². The first-order valence-electron chi connectivity index (χ1n) is 6.88. The number of rotatable bonds is 5. The minimum Gasteiger partial charge on any atom is -0.313 e. The van der Waals surface area contributed by atoms with E-state index in [0.29, 0.717) is 11.3 Å². The second kappa shape index (κ2) is 7.55. The van der Waals surface area contributed by atoms with Gasteiger partial charge in [0, 0.05) is 28.6 Å². The third-order valence-corrected chi connectivity index (χ3v) is 6.43. The quantitative estimate of drug-likeness (QED) is 0.893. The Morgan fingerprint density at radius 3 is 2.95 bits per heavy atom. The molecule has 0 spiro atoms. The molecule has 1 nitrogen and oxygen atoms in total. The highest BCUT2D eigenvalue weighted by molar-refractivity contribution is 8.06. The SMILES string of the molecule is CCNC(Cc1cc(F)ccc1C)C1CSCCS1. The third-order valence-electron chi connectivity index (χ3n) is 3.51. The normalized spacial score (nSPS) is 21.3. The first-order chi connectivity index (χ1) is 9.20. The van der Waals surface area contributed by atoms with Crippen molar-refractivity contribution in [3.05, 3.63) is 35.1 Å². The van der Waals surface area contributed by atoms with Gasteiger partial charge in [0.15, 0.2) is 0 Å². The molecule has 1 fully saturated rings. The predicted molar refractivity (Wildman–Crippen MR) is 85.9 cm³/mol. The van der Waals surface area contributed by atoms with Crippen LogP contribution in [-0.4, -0.2) is 35.1 Å². The molecule has 1 saturated heterocycles. The lowest BCUT2D eigenvalue weighted by Crippen LogP contribution is -2.42. The summed E-state index contributed by atoms with van der Waals surface area (Å²) in [5, 5.41) is 4.23. The fourth-order valence-corrected chi connectivity index (χ4v) is 5.32. The predicted octanol–water partition coefficient (Wildman–Crippen LogP) is 3.50. The number of nitrogens with one attached hydrogen (secondary N) is 1. The maximum atomic E-state index is 13.4. The monoisotopic (exact) mass is 299 g/mol. The topological polar surface area (TPSA) is 12.0 Å². The summed E-state index contributed by atoms with van der Waals surface area (Å²) in [6, 6.07) is 5.58. The molecule has 2 rings (SSSR count). The van der Waals surface area contributed by atoms with Crippen LogP contribution < -0.4 is 5.32 Å². The summed E-state index contributed by atoms with van der Waals surface area (Å²) in [4.78, 5) is 0. The van der Waals surface area contributed by atoms with Gasteiger partial charge in [-0.3, -0.25) is 0 Å². The average molecular weight is 299 g/mol. The summed E-state index contributed by atoms with van der Waals surface area (Å²) in [6.45, 7) is 5.19. The van der Waals surface area contributed by atoms with Gasteiger partial charge in [-0.25, -0.2) is 4.39 Å². The van der Waals surface area contributed by atoms with Crippen molar-refractivity contribution in [1.82, 2.24) is 5.32 Å². The van der Waals surface area contributed by atoms with E-state index in [1.165, 1.54) is 22.8 Å². The van der Waals surface area contributed by atoms with E-state index in [1.54, 1.807) is 12.1 Å². The van der Waals surface area contributed by atoms with Crippen LogP contribution in [0.15, 0.2) is 18.2 Å². The van der Waals surface area contributed by atoms with Gasteiger partial charge >= 0.3 is 0 Å². The first kappa shape index (κ1) is 15.2. The Morgan fingerprint density at radius 1 is 1.42 bits per heavy atom. The van der Waals surface area contributed by atoms with Gasteiger partial charge in [0.1, 0.15) is 5.82 Å². The van der Waals surface area contributed by atoms with E-state index in [4.69, 9.17) is 0 Å². The Balaban J connectivity index is 2.08. The van der Waals surface area contributed by atoms with Crippen LogP contribution in [0.25, 0.3) is 0 Å². The highest BCUT2D eigenvalue weighted by Crippen LogP contribution is 2.28. The molecule has 1 aliphatic heterocycles. The Morgan fingerprint density at radius 2 is 2.26 bits per heavy atom. The van der Waals surface area contributed by atoms with Gasteiger partial charge in [0.2, 0.25) is 0 Å². The van der Waals surface area contributed by atoms with Crippen molar-refractivity contribution in [3.8, 4) is 0 Å². The Bertz CT molecular complexity index is 405. The average Bonchev–Trinajstić information content (AvgIpc) is 2.43. The van der Waals surface area contributed by atoms with Crippen molar-refractivity contribution < 1.29 is 4.39 Å². The van der Waals surface area contributed by atoms with Crippen LogP contribution in [0, 0.1) is 12.7 Å². The fourth-order valence-electron chi connectivity index (χ4n) is 2.43. The van der Waals surface area contributed by atoms with E-state index in [1.807, 2.05) is 17.8 Å². The molecule has 0 aliphatic carbocycles. The lowest BCUT2D eigenvalue weighted by atomic mass is 9.99. The molecule has 2 unspecified atom stereocenters. The van der Waals surface area contributed by atoms with Crippen LogP contribution in [0.1, 0.15) is 18.1 Å². The summed E-state index contributed by atoms with van der Waals surface area (Å²) >= 11 is 4.10. The van der Waals surface area contributed by atoms with E-state index in [-0.39, 0.29) is 5.82 Å².